The molecule has 0 heterocycles. The number of rotatable bonds is 26. The Labute approximate surface area is 812 Å². The molecule has 1 aliphatic carbocycles. The second-order valence-corrected chi connectivity index (χ2v) is 36.3. The highest BCUT2D eigenvalue weighted by atomic mass is 79.9. The van der Waals surface area contributed by atoms with Gasteiger partial charge in [-0.25, -0.2) is 26.3 Å². The van der Waals surface area contributed by atoms with Crippen molar-refractivity contribution >= 4 is 151 Å². The van der Waals surface area contributed by atoms with E-state index in [1.807, 2.05) is 111 Å². The lowest BCUT2D eigenvalue weighted by molar-refractivity contribution is 0.108. The molecule has 0 aromatic heterocycles. The van der Waals surface area contributed by atoms with Gasteiger partial charge in [-0.05, 0) is 361 Å². The molecule has 0 amide bonds. The molecule has 12 aromatic carbocycles. The van der Waals surface area contributed by atoms with Gasteiger partial charge in [0.1, 0.15) is 109 Å². The first kappa shape index (κ1) is 105. The van der Waals surface area contributed by atoms with Crippen molar-refractivity contribution in [2.45, 2.75) is 169 Å². The molecule has 12 aromatic rings. The summed E-state index contributed by atoms with van der Waals surface area (Å²) in [6, 6.07) is 51.4. The first-order valence-corrected chi connectivity index (χ1v) is 46.4. The van der Waals surface area contributed by atoms with Crippen LogP contribution in [0.25, 0.3) is 0 Å². The third kappa shape index (κ3) is 29.6. The van der Waals surface area contributed by atoms with E-state index in [0.717, 1.165) is 102 Å². The van der Waals surface area contributed by atoms with Gasteiger partial charge in [0.2, 0.25) is 28.2 Å². The molecule has 0 saturated heterocycles. The van der Waals surface area contributed by atoms with Gasteiger partial charge in [-0.15, -0.1) is 0 Å². The van der Waals surface area contributed by atoms with Crippen LogP contribution in [0.1, 0.15) is 210 Å². The van der Waals surface area contributed by atoms with Gasteiger partial charge in [0, 0.05) is 113 Å². The van der Waals surface area contributed by atoms with E-state index in [2.05, 4.69) is 118 Å². The van der Waals surface area contributed by atoms with Crippen LogP contribution in [0.15, 0.2) is 186 Å². The molecular weight excluding hydrogens is 2140 g/mol. The van der Waals surface area contributed by atoms with Crippen molar-refractivity contribution < 1.29 is 83.5 Å². The maximum Gasteiger partial charge on any atom is 0.228 e. The summed E-state index contributed by atoms with van der Waals surface area (Å²) in [6.07, 6.45) is 3.09. The summed E-state index contributed by atoms with van der Waals surface area (Å²) in [5.41, 5.74) is 20.8. The molecule has 26 heteroatoms. The van der Waals surface area contributed by atoms with E-state index in [1.165, 1.54) is 42.0 Å². The molecule has 1 saturated carbocycles. The number of carbonyl (C=O) groups excluding carboxylic acids is 6. The smallest absolute Gasteiger partial charge is 0.228 e. The second-order valence-electron chi connectivity index (χ2n) is 30.8. The summed E-state index contributed by atoms with van der Waals surface area (Å²) >= 11 is 27.4. The molecule has 1 aliphatic rings. The van der Waals surface area contributed by atoms with Gasteiger partial charge in [0.25, 0.3) is 0 Å². The molecule has 0 aliphatic heterocycles. The Morgan fingerprint density at radius 2 is 0.519 bits per heavy atom. The number of hydrogen-bond acceptors (Lipinski definition) is 12. The van der Waals surface area contributed by atoms with E-state index >= 15 is 0 Å². The fourth-order valence-electron chi connectivity index (χ4n) is 13.7. The highest BCUT2D eigenvalue weighted by Gasteiger charge is 2.29. The minimum absolute atomic E-state index is 0.0929. The minimum Gasteiger partial charge on any atom is -0.488 e. The molecule has 676 valence electrons. The standard InChI is InChI=1S/C19H18BrFO2.C18H18BrFO2.2C17H16BrFO2.C16H13Br2FO2.C16H13BrClFO2/c1-11-8-12(2)18(9-17(11)21)23-10-16-14(13-6-7-13)4-3-5-15(16)19(20)22;1-4-13-6-5-7-14(18(19)21)15(13)10-22-17-9-16(20)11(2)8-12(17)3;2*1-10-5-4-6-13(17(18)20)14(10)9-21-16-8-15(19)11(2)7-12(16)3;1-9-6-10(2)15(7-14(9)19)21-8-12-11(16(18)20)4-3-5-13(12)17;1-9-6-10(2)15(7-14(9)19)21-8-12-11(16(17)20)4-3-5-13(12)18/h3-5,8-9,13H,6-7,10H2,1-2H3;5-9H,4,10H2,1-3H3;2*4-8H,9H2,1-3H3;2*3-7H,8H2,1-2H3. The normalized spacial score (nSPS) is 11.1. The van der Waals surface area contributed by atoms with Crippen LogP contribution in [0.4, 0.5) is 26.3 Å². The predicted octanol–water partition coefficient (Wildman–Crippen LogP) is 30.8. The zero-order chi connectivity index (χ0) is 95.1. The van der Waals surface area contributed by atoms with Crippen molar-refractivity contribution in [3.63, 3.8) is 0 Å². The van der Waals surface area contributed by atoms with Gasteiger partial charge < -0.3 is 28.4 Å². The average Bonchev–Trinajstić information content (AvgIpc) is 1.67. The zero-order valence-corrected chi connectivity index (χ0v) is 85.3. The van der Waals surface area contributed by atoms with Gasteiger partial charge in [-0.2, -0.15) is 0 Å². The maximum absolute atomic E-state index is 13.8. The zero-order valence-electron chi connectivity index (χ0n) is 73.5. The molecule has 1 fully saturated rings. The lowest BCUT2D eigenvalue weighted by atomic mass is 9.99. The van der Waals surface area contributed by atoms with Gasteiger partial charge in [-0.3, -0.25) is 28.8 Å². The minimum atomic E-state index is -0.327. The number of aryl methyl sites for hydroxylation is 15. The van der Waals surface area contributed by atoms with Crippen LogP contribution in [-0.2, 0) is 46.1 Å². The fourth-order valence-corrected chi connectivity index (χ4v) is 16.6. The summed E-state index contributed by atoms with van der Waals surface area (Å²) in [7, 11) is 0. The van der Waals surface area contributed by atoms with Crippen LogP contribution in [0.5, 0.6) is 34.5 Å². The molecule has 0 N–H and O–H groups in total. The number of halogens is 14. The highest BCUT2D eigenvalue weighted by molar-refractivity contribution is 9.19. The van der Waals surface area contributed by atoms with E-state index in [1.54, 1.807) is 133 Å². The van der Waals surface area contributed by atoms with Crippen molar-refractivity contribution in [3.8, 4) is 34.5 Å². The Bertz CT molecular complexity index is 5690. The van der Waals surface area contributed by atoms with Crippen molar-refractivity contribution in [2.75, 3.05) is 0 Å². The van der Waals surface area contributed by atoms with Crippen molar-refractivity contribution in [3.05, 3.63) is 382 Å². The molecule has 13 rings (SSSR count). The van der Waals surface area contributed by atoms with Crippen LogP contribution in [0.3, 0.4) is 0 Å². The van der Waals surface area contributed by atoms with Crippen LogP contribution >= 0.6 is 123 Å². The van der Waals surface area contributed by atoms with Gasteiger partial charge in [0.05, 0.1) is 0 Å². The average molecular weight is 2230 g/mol. The van der Waals surface area contributed by atoms with E-state index in [9.17, 15) is 55.1 Å². The van der Waals surface area contributed by atoms with E-state index in [0.29, 0.717) is 118 Å². The lowest BCUT2D eigenvalue weighted by Crippen LogP contribution is -2.07. The SMILES string of the molecule is CCc1cccc(C(=O)Br)c1COc1cc(F)c(C)cc1C.Cc1cc(C)c(OCc2c(Br)cccc2C(=O)Br)cc1F.Cc1cc(C)c(OCc2c(C(=O)Br)cccc2C2CC2)cc1F.Cc1cc(C)c(OCc2c(C)cccc2C(=O)Br)cc1F.Cc1cc(C)c(OCc2c(C)cccc2C(=O)Br)cc1F.Cc1cc(C)c(OCc2c(Cl)cccc2C(=O)Br)cc1F. The van der Waals surface area contributed by atoms with Crippen LogP contribution in [0, 0.1) is 132 Å². The number of carbonyl (C=O) groups is 6. The van der Waals surface area contributed by atoms with Crippen LogP contribution in [0.2, 0.25) is 5.02 Å². The molecule has 0 radical (unpaired) electrons. The van der Waals surface area contributed by atoms with Crippen LogP contribution < -0.4 is 28.4 Å². The van der Waals surface area contributed by atoms with Crippen LogP contribution in [-0.4, -0.2) is 28.2 Å². The van der Waals surface area contributed by atoms with Crippen molar-refractivity contribution in [1.82, 2.24) is 0 Å². The molecule has 0 bridgehead atoms. The third-order valence-corrected chi connectivity index (χ3v) is 24.8. The Morgan fingerprint density at radius 3 is 0.822 bits per heavy atom. The Morgan fingerprint density at radius 1 is 0.287 bits per heavy atom. The first-order valence-electron chi connectivity index (χ1n) is 40.5. The van der Waals surface area contributed by atoms with Gasteiger partial charge in [-0.1, -0.05) is 125 Å². The predicted molar refractivity (Wildman–Crippen MR) is 523 cm³/mol. The number of ether oxygens (including phenoxy) is 6. The number of hydrogen-bond donors (Lipinski definition) is 0. The molecule has 12 nitrogen and oxygen atoms in total. The summed E-state index contributed by atoms with van der Waals surface area (Å²) < 4.78 is 116. The largest absolute Gasteiger partial charge is 0.488 e. The molecule has 0 spiro atoms. The fraction of sp³-hybridized carbons (Fsp3) is 0.243. The van der Waals surface area contributed by atoms with Crippen molar-refractivity contribution in [1.29, 1.82) is 0 Å². The molecule has 0 unspecified atom stereocenters. The monoisotopic (exact) mass is 2220 g/mol. The molecule has 0 atom stereocenters. The second kappa shape index (κ2) is 49.3. The summed E-state index contributed by atoms with van der Waals surface area (Å²) in [4.78, 5) is 69.9. The Balaban J connectivity index is 0.000000191. The highest BCUT2D eigenvalue weighted by Crippen LogP contribution is 2.44. The quantitative estimate of drug-likeness (QED) is 0.0374. The molecular formula is C103H94Br7ClF6O12. The number of benzene rings is 12. The molecule has 129 heavy (non-hydrogen) atoms. The summed E-state index contributed by atoms with van der Waals surface area (Å²) in [5, 5.41) is 0.436. The van der Waals surface area contributed by atoms with E-state index in [-0.39, 0.29) is 103 Å². The van der Waals surface area contributed by atoms with Gasteiger partial charge in [0.15, 0.2) is 0 Å². The first-order chi connectivity index (χ1) is 61.0. The van der Waals surface area contributed by atoms with E-state index < -0.39 is 0 Å². The summed E-state index contributed by atoms with van der Waals surface area (Å²) in [6.45, 7) is 28.6. The lowest BCUT2D eigenvalue weighted by Gasteiger charge is -2.15. The maximum atomic E-state index is 13.8. The third-order valence-electron chi connectivity index (χ3n) is 21.2. The summed E-state index contributed by atoms with van der Waals surface area (Å²) in [5.74, 6) is 1.64. The Hall–Kier alpha value is -9.31. The van der Waals surface area contributed by atoms with Gasteiger partial charge >= 0.3 is 0 Å². The Kier molecular flexibility index (Phi) is 40.1. The van der Waals surface area contributed by atoms with Crippen molar-refractivity contribution in [2.24, 2.45) is 0 Å². The van der Waals surface area contributed by atoms with E-state index in [4.69, 9.17) is 40.0 Å². The topological polar surface area (TPSA) is 158 Å².